The number of nitrogens with zero attached hydrogens (tertiary/aromatic N) is 1. The zero-order chi connectivity index (χ0) is 16.8. The molecule has 2 aromatic rings. The molecule has 0 bridgehead atoms. The average Bonchev–Trinajstić information content (AvgIpc) is 2.59. The minimum Gasteiger partial charge on any atom is -0.380 e. The number of unbranched alkanes of at least 4 members (excludes halogenated alkanes) is 1. The molecule has 1 N–H and O–H groups in total. The van der Waals surface area contributed by atoms with Crippen LogP contribution < -0.4 is 0 Å². The first kappa shape index (κ1) is 17.7. The summed E-state index contributed by atoms with van der Waals surface area (Å²) in [5.41, 5.74) is 1.02. The van der Waals surface area contributed by atoms with Crippen molar-refractivity contribution in [1.29, 1.82) is 0 Å². The van der Waals surface area contributed by atoms with E-state index in [1.54, 1.807) is 0 Å². The first-order chi connectivity index (χ1) is 11.0. The van der Waals surface area contributed by atoms with Crippen LogP contribution in [0.15, 0.2) is 60.7 Å². The lowest BCUT2D eigenvalue weighted by Crippen LogP contribution is -2.44. The molecule has 0 saturated heterocycles. The van der Waals surface area contributed by atoms with Crippen LogP contribution in [0.2, 0.25) is 0 Å². The molecule has 2 nitrogen and oxygen atoms in total. The fourth-order valence-corrected chi connectivity index (χ4v) is 3.05. The van der Waals surface area contributed by atoms with Gasteiger partial charge in [-0.05, 0) is 17.5 Å². The Labute approximate surface area is 141 Å². The van der Waals surface area contributed by atoms with Crippen molar-refractivity contribution < 1.29 is 9.59 Å². The molecule has 0 heterocycles. The van der Waals surface area contributed by atoms with Gasteiger partial charge in [0.15, 0.2) is 0 Å². The van der Waals surface area contributed by atoms with E-state index in [1.165, 1.54) is 12.8 Å². The normalized spacial score (nSPS) is 12.3. The number of hydrogen-bond donors (Lipinski definition) is 1. The van der Waals surface area contributed by atoms with Gasteiger partial charge < -0.3 is 9.59 Å². The Balaban J connectivity index is 2.25. The zero-order valence-corrected chi connectivity index (χ0v) is 14.7. The Morgan fingerprint density at radius 1 is 0.826 bits per heavy atom. The van der Waals surface area contributed by atoms with E-state index < -0.39 is 5.60 Å². The lowest BCUT2D eigenvalue weighted by atomic mass is 9.83. The number of aliphatic hydroxyl groups is 1. The largest absolute Gasteiger partial charge is 0.380 e. The highest BCUT2D eigenvalue weighted by Crippen LogP contribution is 2.33. The van der Waals surface area contributed by atoms with Gasteiger partial charge in [0.05, 0.1) is 27.2 Å². The highest BCUT2D eigenvalue weighted by molar-refractivity contribution is 5.35. The van der Waals surface area contributed by atoms with E-state index in [9.17, 15) is 5.11 Å². The van der Waals surface area contributed by atoms with Crippen LogP contribution >= 0.6 is 0 Å². The fourth-order valence-electron chi connectivity index (χ4n) is 3.05. The molecule has 124 valence electrons. The third kappa shape index (κ3) is 4.66. The predicted octanol–water partition coefficient (Wildman–Crippen LogP) is 4.19. The number of hydrogen-bond acceptors (Lipinski definition) is 1. The van der Waals surface area contributed by atoms with Crippen molar-refractivity contribution in [3.8, 4) is 0 Å². The van der Waals surface area contributed by atoms with Crippen LogP contribution in [-0.4, -0.2) is 36.8 Å². The van der Waals surface area contributed by atoms with Crippen molar-refractivity contribution in [2.45, 2.75) is 31.8 Å². The fraction of sp³-hybridized carbons (Fsp3) is 0.429. The van der Waals surface area contributed by atoms with Crippen LogP contribution in [0.4, 0.5) is 0 Å². The third-order valence-electron chi connectivity index (χ3n) is 4.70. The van der Waals surface area contributed by atoms with Gasteiger partial charge in [0.1, 0.15) is 5.60 Å². The van der Waals surface area contributed by atoms with Crippen molar-refractivity contribution in [3.63, 3.8) is 0 Å². The molecule has 0 radical (unpaired) electrons. The Hall–Kier alpha value is -1.64. The third-order valence-corrected chi connectivity index (χ3v) is 4.70. The molecule has 0 atom stereocenters. The summed E-state index contributed by atoms with van der Waals surface area (Å²) in [4.78, 5) is 0. The molecule has 0 aliphatic carbocycles. The van der Waals surface area contributed by atoms with Gasteiger partial charge in [-0.15, -0.1) is 0 Å². The van der Waals surface area contributed by atoms with Gasteiger partial charge in [0, 0.05) is 6.42 Å². The summed E-state index contributed by atoms with van der Waals surface area (Å²) in [5.74, 6) is 0. The molecule has 0 aliphatic rings. The maximum Gasteiger partial charge on any atom is 0.120 e. The summed E-state index contributed by atoms with van der Waals surface area (Å²) < 4.78 is 0.940. The molecule has 0 saturated carbocycles. The van der Waals surface area contributed by atoms with Crippen molar-refractivity contribution in [3.05, 3.63) is 71.8 Å². The second-order valence-corrected chi connectivity index (χ2v) is 7.08. The van der Waals surface area contributed by atoms with Crippen molar-refractivity contribution in [2.75, 3.05) is 27.2 Å². The second-order valence-electron chi connectivity index (χ2n) is 7.08. The molecule has 2 heteroatoms. The minimum absolute atomic E-state index is 0.720. The number of benzene rings is 2. The quantitative estimate of drug-likeness (QED) is 0.725. The van der Waals surface area contributed by atoms with Gasteiger partial charge in [-0.2, -0.15) is 0 Å². The molecular weight excluding hydrogens is 282 g/mol. The van der Waals surface area contributed by atoms with Gasteiger partial charge in [-0.25, -0.2) is 0 Å². The Kier molecular flexibility index (Phi) is 5.97. The highest BCUT2D eigenvalue weighted by atomic mass is 16.3. The van der Waals surface area contributed by atoms with Gasteiger partial charge in [-0.1, -0.05) is 74.0 Å². The van der Waals surface area contributed by atoms with Crippen molar-refractivity contribution in [1.82, 2.24) is 0 Å². The molecule has 0 spiro atoms. The summed E-state index contributed by atoms with van der Waals surface area (Å²) >= 11 is 0. The van der Waals surface area contributed by atoms with Gasteiger partial charge in [0.25, 0.3) is 0 Å². The van der Waals surface area contributed by atoms with Gasteiger partial charge in [0.2, 0.25) is 0 Å². The van der Waals surface area contributed by atoms with E-state index in [4.69, 9.17) is 0 Å². The molecule has 0 fully saturated rings. The Morgan fingerprint density at radius 2 is 1.30 bits per heavy atom. The SMILES string of the molecule is CCCC[N+](C)(C)CCC(O)(c1ccccc1)c1ccccc1. The first-order valence-electron chi connectivity index (χ1n) is 8.63. The van der Waals surface area contributed by atoms with Gasteiger partial charge >= 0.3 is 0 Å². The minimum atomic E-state index is -0.926. The van der Waals surface area contributed by atoms with Crippen LogP contribution in [0.1, 0.15) is 37.3 Å². The summed E-state index contributed by atoms with van der Waals surface area (Å²) in [7, 11) is 4.51. The lowest BCUT2D eigenvalue weighted by Gasteiger charge is -2.35. The van der Waals surface area contributed by atoms with Crippen LogP contribution in [0, 0.1) is 0 Å². The van der Waals surface area contributed by atoms with E-state index >= 15 is 0 Å². The van der Waals surface area contributed by atoms with E-state index in [0.717, 1.165) is 35.1 Å². The molecular formula is C21H30NO+. The lowest BCUT2D eigenvalue weighted by molar-refractivity contribution is -0.891. The second kappa shape index (κ2) is 7.76. The highest BCUT2D eigenvalue weighted by Gasteiger charge is 2.33. The Morgan fingerprint density at radius 3 is 1.74 bits per heavy atom. The van der Waals surface area contributed by atoms with Crippen LogP contribution in [0.25, 0.3) is 0 Å². The summed E-state index contributed by atoms with van der Waals surface area (Å²) in [6.07, 6.45) is 3.16. The molecule has 0 aromatic heterocycles. The summed E-state index contributed by atoms with van der Waals surface area (Å²) in [6, 6.07) is 20.1. The molecule has 2 rings (SSSR count). The number of rotatable bonds is 8. The van der Waals surface area contributed by atoms with Crippen LogP contribution in [-0.2, 0) is 5.60 Å². The van der Waals surface area contributed by atoms with E-state index in [0.29, 0.717) is 0 Å². The molecule has 0 amide bonds. The van der Waals surface area contributed by atoms with E-state index in [2.05, 4.69) is 21.0 Å². The predicted molar refractivity (Wildman–Crippen MR) is 97.3 cm³/mol. The Bertz CT molecular complexity index is 538. The van der Waals surface area contributed by atoms with Crippen LogP contribution in [0.3, 0.4) is 0 Å². The average molecular weight is 312 g/mol. The maximum absolute atomic E-state index is 11.5. The van der Waals surface area contributed by atoms with E-state index in [1.807, 2.05) is 60.7 Å². The first-order valence-corrected chi connectivity index (χ1v) is 8.63. The smallest absolute Gasteiger partial charge is 0.120 e. The number of quaternary nitrogens is 1. The maximum atomic E-state index is 11.5. The van der Waals surface area contributed by atoms with Crippen molar-refractivity contribution >= 4 is 0 Å². The zero-order valence-electron chi connectivity index (χ0n) is 14.7. The van der Waals surface area contributed by atoms with E-state index in [-0.39, 0.29) is 0 Å². The van der Waals surface area contributed by atoms with Crippen molar-refractivity contribution in [2.24, 2.45) is 0 Å². The molecule has 0 aliphatic heterocycles. The molecule has 23 heavy (non-hydrogen) atoms. The molecule has 0 unspecified atom stereocenters. The standard InChI is InChI=1S/C21H30NO/c1-4-5-17-22(2,3)18-16-21(23,19-12-8-6-9-13-19)20-14-10-7-11-15-20/h6-15,23H,4-5,16-18H2,1-3H3/q+1. The van der Waals surface area contributed by atoms with Gasteiger partial charge in [-0.3, -0.25) is 0 Å². The topological polar surface area (TPSA) is 20.2 Å². The summed E-state index contributed by atoms with van der Waals surface area (Å²) in [6.45, 7) is 4.32. The molecule has 2 aromatic carbocycles. The monoisotopic (exact) mass is 312 g/mol. The summed E-state index contributed by atoms with van der Waals surface area (Å²) in [5, 5.41) is 11.5. The van der Waals surface area contributed by atoms with Crippen LogP contribution in [0.5, 0.6) is 0 Å².